The molecule has 0 saturated heterocycles. The SMILES string of the molecule is CCN(CC)S(=O)(=O)c1ccc(C)c(C(=O)Nc2ncccc2O)c1. The predicted octanol–water partition coefficient (Wildman–Crippen LogP) is 2.38. The molecule has 2 rings (SSSR count). The highest BCUT2D eigenvalue weighted by atomic mass is 32.2. The van der Waals surface area contributed by atoms with Gasteiger partial charge in [0.1, 0.15) is 0 Å². The van der Waals surface area contributed by atoms with Crippen LogP contribution in [0.5, 0.6) is 5.75 Å². The highest BCUT2D eigenvalue weighted by molar-refractivity contribution is 7.89. The third kappa shape index (κ3) is 3.97. The van der Waals surface area contributed by atoms with Crippen LogP contribution >= 0.6 is 0 Å². The van der Waals surface area contributed by atoms with Crippen LogP contribution in [0.3, 0.4) is 0 Å². The van der Waals surface area contributed by atoms with Gasteiger partial charge in [0.2, 0.25) is 10.0 Å². The van der Waals surface area contributed by atoms with Crippen LogP contribution in [-0.4, -0.2) is 41.8 Å². The van der Waals surface area contributed by atoms with Gasteiger partial charge >= 0.3 is 0 Å². The molecule has 0 spiro atoms. The molecule has 0 aliphatic carbocycles. The third-order valence-corrected chi connectivity index (χ3v) is 5.86. The smallest absolute Gasteiger partial charge is 0.257 e. The number of carbonyl (C=O) groups is 1. The van der Waals surface area contributed by atoms with Crippen molar-refractivity contribution in [1.82, 2.24) is 9.29 Å². The van der Waals surface area contributed by atoms with E-state index in [0.717, 1.165) is 0 Å². The number of sulfonamides is 1. The lowest BCUT2D eigenvalue weighted by Crippen LogP contribution is -2.30. The first-order valence-corrected chi connectivity index (χ1v) is 9.31. The van der Waals surface area contributed by atoms with Gasteiger partial charge < -0.3 is 10.4 Å². The molecule has 0 aliphatic rings. The quantitative estimate of drug-likeness (QED) is 0.821. The molecule has 2 aromatic rings. The number of hydrogen-bond donors (Lipinski definition) is 2. The molecule has 0 bridgehead atoms. The number of aryl methyl sites for hydroxylation is 1. The van der Waals surface area contributed by atoms with E-state index in [1.54, 1.807) is 26.8 Å². The summed E-state index contributed by atoms with van der Waals surface area (Å²) in [6.45, 7) is 5.91. The third-order valence-electron chi connectivity index (χ3n) is 3.82. The van der Waals surface area contributed by atoms with Crippen molar-refractivity contribution < 1.29 is 18.3 Å². The lowest BCUT2D eigenvalue weighted by molar-refractivity contribution is 0.102. The van der Waals surface area contributed by atoms with Gasteiger partial charge in [0.25, 0.3) is 5.91 Å². The monoisotopic (exact) mass is 363 g/mol. The van der Waals surface area contributed by atoms with Gasteiger partial charge in [0.15, 0.2) is 11.6 Å². The number of nitrogens with one attached hydrogen (secondary N) is 1. The zero-order chi connectivity index (χ0) is 18.6. The van der Waals surface area contributed by atoms with E-state index in [9.17, 15) is 18.3 Å². The molecule has 0 fully saturated rings. The Labute approximate surface area is 147 Å². The van der Waals surface area contributed by atoms with Crippen molar-refractivity contribution in [2.45, 2.75) is 25.7 Å². The van der Waals surface area contributed by atoms with Gasteiger partial charge in [0.05, 0.1) is 4.90 Å². The van der Waals surface area contributed by atoms with Crippen molar-refractivity contribution in [1.29, 1.82) is 0 Å². The first-order valence-electron chi connectivity index (χ1n) is 7.87. The summed E-state index contributed by atoms with van der Waals surface area (Å²) >= 11 is 0. The molecule has 7 nitrogen and oxygen atoms in total. The number of nitrogens with zero attached hydrogens (tertiary/aromatic N) is 2. The second kappa shape index (κ2) is 7.62. The molecule has 0 saturated carbocycles. The Morgan fingerprint density at radius 3 is 2.52 bits per heavy atom. The van der Waals surface area contributed by atoms with Crippen LogP contribution < -0.4 is 5.32 Å². The van der Waals surface area contributed by atoms with E-state index < -0.39 is 15.9 Å². The largest absolute Gasteiger partial charge is 0.504 e. The summed E-state index contributed by atoms with van der Waals surface area (Å²) in [4.78, 5) is 16.4. The lowest BCUT2D eigenvalue weighted by atomic mass is 10.1. The number of benzene rings is 1. The standard InChI is InChI=1S/C17H21N3O4S/c1-4-20(5-2)25(23,24)13-9-8-12(3)14(11-13)17(22)19-16-15(21)7-6-10-18-16/h6-11,21H,4-5H2,1-3H3,(H,18,19,22). The predicted molar refractivity (Wildman–Crippen MR) is 95.1 cm³/mol. The van der Waals surface area contributed by atoms with Gasteiger partial charge in [-0.1, -0.05) is 19.9 Å². The number of anilines is 1. The van der Waals surface area contributed by atoms with E-state index in [1.165, 1.54) is 34.8 Å². The maximum absolute atomic E-state index is 12.6. The van der Waals surface area contributed by atoms with Gasteiger partial charge in [-0.05, 0) is 36.8 Å². The van der Waals surface area contributed by atoms with Crippen molar-refractivity contribution >= 4 is 21.7 Å². The van der Waals surface area contributed by atoms with Crippen molar-refractivity contribution in [3.05, 3.63) is 47.7 Å². The van der Waals surface area contributed by atoms with Gasteiger partial charge in [-0.3, -0.25) is 4.79 Å². The van der Waals surface area contributed by atoms with Gasteiger partial charge in [-0.25, -0.2) is 13.4 Å². The van der Waals surface area contributed by atoms with Gasteiger partial charge in [0, 0.05) is 24.8 Å². The first kappa shape index (κ1) is 18.9. The molecule has 25 heavy (non-hydrogen) atoms. The molecule has 1 aromatic carbocycles. The summed E-state index contributed by atoms with van der Waals surface area (Å²) in [6, 6.07) is 7.35. The van der Waals surface area contributed by atoms with E-state index in [1.807, 2.05) is 0 Å². The highest BCUT2D eigenvalue weighted by Gasteiger charge is 2.23. The average molecular weight is 363 g/mol. The van der Waals surface area contributed by atoms with E-state index in [0.29, 0.717) is 18.7 Å². The number of hydrogen-bond acceptors (Lipinski definition) is 5. The molecule has 1 heterocycles. The zero-order valence-corrected chi connectivity index (χ0v) is 15.2. The summed E-state index contributed by atoms with van der Waals surface area (Å²) in [7, 11) is -3.67. The van der Waals surface area contributed by atoms with E-state index >= 15 is 0 Å². The van der Waals surface area contributed by atoms with Crippen LogP contribution in [0, 0.1) is 6.92 Å². The molecule has 0 atom stereocenters. The normalized spacial score (nSPS) is 11.5. The maximum Gasteiger partial charge on any atom is 0.257 e. The number of carbonyl (C=O) groups excluding carboxylic acids is 1. The summed E-state index contributed by atoms with van der Waals surface area (Å²) in [5, 5.41) is 12.2. The maximum atomic E-state index is 12.6. The number of amides is 1. The fraction of sp³-hybridized carbons (Fsp3) is 0.294. The van der Waals surface area contributed by atoms with Gasteiger partial charge in [-0.2, -0.15) is 4.31 Å². The number of rotatable bonds is 6. The van der Waals surface area contributed by atoms with Crippen LogP contribution in [-0.2, 0) is 10.0 Å². The van der Waals surface area contributed by atoms with Crippen molar-refractivity contribution in [3.8, 4) is 5.75 Å². The minimum Gasteiger partial charge on any atom is -0.504 e. The molecule has 8 heteroatoms. The molecule has 2 N–H and O–H groups in total. The molecule has 1 amide bonds. The fourth-order valence-corrected chi connectivity index (χ4v) is 3.87. The summed E-state index contributed by atoms with van der Waals surface area (Å²) < 4.78 is 26.6. The van der Waals surface area contributed by atoms with Crippen molar-refractivity contribution in [2.75, 3.05) is 18.4 Å². The molecular weight excluding hydrogens is 342 g/mol. The van der Waals surface area contributed by atoms with Crippen LogP contribution in [0.2, 0.25) is 0 Å². The minimum atomic E-state index is -3.67. The summed E-state index contributed by atoms with van der Waals surface area (Å²) in [5.41, 5.74) is 0.824. The van der Waals surface area contributed by atoms with Crippen LogP contribution in [0.1, 0.15) is 29.8 Å². The van der Waals surface area contributed by atoms with Crippen LogP contribution in [0.15, 0.2) is 41.4 Å². The second-order valence-corrected chi connectivity index (χ2v) is 7.33. The molecule has 1 aromatic heterocycles. The van der Waals surface area contributed by atoms with Crippen molar-refractivity contribution in [2.24, 2.45) is 0 Å². The fourth-order valence-electron chi connectivity index (χ4n) is 2.39. The van der Waals surface area contributed by atoms with E-state index in [-0.39, 0.29) is 22.0 Å². The Morgan fingerprint density at radius 1 is 1.24 bits per heavy atom. The summed E-state index contributed by atoms with van der Waals surface area (Å²) in [5.74, 6) is -0.688. The second-order valence-electron chi connectivity index (χ2n) is 5.39. The molecular formula is C17H21N3O4S. The lowest BCUT2D eigenvalue weighted by Gasteiger charge is -2.19. The Bertz CT molecular complexity index is 877. The Kier molecular flexibility index (Phi) is 5.76. The van der Waals surface area contributed by atoms with Crippen molar-refractivity contribution in [3.63, 3.8) is 0 Å². The highest BCUT2D eigenvalue weighted by Crippen LogP contribution is 2.23. The minimum absolute atomic E-state index is 0.0175. The molecule has 0 unspecified atom stereocenters. The Morgan fingerprint density at radius 2 is 1.92 bits per heavy atom. The zero-order valence-electron chi connectivity index (χ0n) is 14.4. The van der Waals surface area contributed by atoms with E-state index in [2.05, 4.69) is 10.3 Å². The number of aromatic hydroxyl groups is 1. The Balaban J connectivity index is 2.39. The topological polar surface area (TPSA) is 99.6 Å². The molecule has 0 aliphatic heterocycles. The van der Waals surface area contributed by atoms with Crippen LogP contribution in [0.25, 0.3) is 0 Å². The van der Waals surface area contributed by atoms with Crippen LogP contribution in [0.4, 0.5) is 5.82 Å². The number of aromatic nitrogens is 1. The summed E-state index contributed by atoms with van der Waals surface area (Å²) in [6.07, 6.45) is 1.43. The molecule has 0 radical (unpaired) electrons. The Hall–Kier alpha value is -2.45. The van der Waals surface area contributed by atoms with E-state index in [4.69, 9.17) is 0 Å². The molecule has 134 valence electrons. The number of pyridine rings is 1. The average Bonchev–Trinajstić information content (AvgIpc) is 2.58. The van der Waals surface area contributed by atoms with Gasteiger partial charge in [-0.15, -0.1) is 0 Å². The first-order chi connectivity index (χ1) is 11.8.